The van der Waals surface area contributed by atoms with Crippen LogP contribution in [-0.4, -0.2) is 28.4 Å². The van der Waals surface area contributed by atoms with Crippen LogP contribution in [0.25, 0.3) is 0 Å². The molecule has 1 saturated carbocycles. The van der Waals surface area contributed by atoms with Crippen molar-refractivity contribution in [2.45, 2.75) is 58.1 Å². The Morgan fingerprint density at radius 3 is 2.95 bits per heavy atom. The van der Waals surface area contributed by atoms with Crippen LogP contribution >= 0.6 is 0 Å². The zero-order valence-corrected chi connectivity index (χ0v) is 12.3. The van der Waals surface area contributed by atoms with Crippen molar-refractivity contribution < 1.29 is 9.53 Å². The summed E-state index contributed by atoms with van der Waals surface area (Å²) in [5.74, 6) is 1.32. The highest BCUT2D eigenvalue weighted by Gasteiger charge is 2.31. The quantitative estimate of drug-likeness (QED) is 0.920. The molecule has 20 heavy (non-hydrogen) atoms. The van der Waals surface area contributed by atoms with Gasteiger partial charge in [0.1, 0.15) is 0 Å². The van der Waals surface area contributed by atoms with Gasteiger partial charge in [-0.15, -0.1) is 0 Å². The number of anilines is 1. The van der Waals surface area contributed by atoms with Crippen LogP contribution in [0.4, 0.5) is 5.82 Å². The van der Waals surface area contributed by atoms with E-state index >= 15 is 0 Å². The minimum atomic E-state index is -0.0556. The molecule has 0 aromatic carbocycles. The second kappa shape index (κ2) is 5.56. The number of hydrogen-bond acceptors (Lipinski definition) is 3. The third-order valence-corrected chi connectivity index (χ3v) is 4.30. The van der Waals surface area contributed by atoms with Crippen molar-refractivity contribution >= 4 is 11.7 Å². The lowest BCUT2D eigenvalue weighted by Gasteiger charge is -2.27. The lowest BCUT2D eigenvalue weighted by Crippen LogP contribution is -2.36. The van der Waals surface area contributed by atoms with Gasteiger partial charge in [0, 0.05) is 30.8 Å². The molecule has 1 aliphatic heterocycles. The molecule has 1 aliphatic carbocycles. The van der Waals surface area contributed by atoms with E-state index in [0.29, 0.717) is 11.7 Å². The molecule has 0 unspecified atom stereocenters. The van der Waals surface area contributed by atoms with Gasteiger partial charge < -0.3 is 10.1 Å². The number of hydrogen-bond donors (Lipinski definition) is 1. The largest absolute Gasteiger partial charge is 0.378 e. The number of carbonyl (C=O) groups excluding carboxylic acids is 1. The fourth-order valence-corrected chi connectivity index (χ4v) is 2.94. The highest BCUT2D eigenvalue weighted by Crippen LogP contribution is 2.40. The topological polar surface area (TPSA) is 56.2 Å². The van der Waals surface area contributed by atoms with E-state index in [1.54, 1.807) is 0 Å². The van der Waals surface area contributed by atoms with Crippen LogP contribution < -0.4 is 5.32 Å². The van der Waals surface area contributed by atoms with Crippen molar-refractivity contribution in [2.24, 2.45) is 5.92 Å². The molecular formula is C15H23N3O2. The van der Waals surface area contributed by atoms with E-state index in [1.807, 2.05) is 17.7 Å². The Kier molecular flexibility index (Phi) is 3.78. The third-order valence-electron chi connectivity index (χ3n) is 4.30. The van der Waals surface area contributed by atoms with E-state index < -0.39 is 0 Å². The standard InChI is InChI=1S/C15H23N3O2/c1-3-18-13(11-6-7-11)9-14(17-18)16-15(19)12-5-4-8-20-10(12)2/h9-12H,3-8H2,1-2H3,(H,16,17,19)/t10-,12-/m1/s1. The molecule has 1 amide bonds. The first-order chi connectivity index (χ1) is 9.69. The molecule has 0 bridgehead atoms. The summed E-state index contributed by atoms with van der Waals surface area (Å²) in [5.41, 5.74) is 1.26. The van der Waals surface area contributed by atoms with E-state index in [-0.39, 0.29) is 17.9 Å². The summed E-state index contributed by atoms with van der Waals surface area (Å²) in [5, 5.41) is 7.46. The second-order valence-corrected chi connectivity index (χ2v) is 5.86. The number of nitrogens with one attached hydrogen (secondary N) is 1. The SMILES string of the molecule is CCn1nc(NC(=O)[C@@H]2CCCO[C@@H]2C)cc1C1CC1. The van der Waals surface area contributed by atoms with Gasteiger partial charge in [0.2, 0.25) is 5.91 Å². The van der Waals surface area contributed by atoms with Crippen molar-refractivity contribution in [2.75, 3.05) is 11.9 Å². The molecule has 2 atom stereocenters. The molecule has 5 nitrogen and oxygen atoms in total. The normalized spacial score (nSPS) is 26.5. The summed E-state index contributed by atoms with van der Waals surface area (Å²) >= 11 is 0. The molecule has 0 radical (unpaired) electrons. The summed E-state index contributed by atoms with van der Waals surface area (Å²) in [6.45, 7) is 5.68. The summed E-state index contributed by atoms with van der Waals surface area (Å²) < 4.78 is 7.57. The molecular weight excluding hydrogens is 254 g/mol. The number of amides is 1. The molecule has 2 heterocycles. The van der Waals surface area contributed by atoms with Gasteiger partial charge in [0.15, 0.2) is 5.82 Å². The summed E-state index contributed by atoms with van der Waals surface area (Å²) in [6.07, 6.45) is 4.34. The molecule has 0 spiro atoms. The first kappa shape index (κ1) is 13.6. The minimum absolute atomic E-state index is 0.0000802. The predicted octanol–water partition coefficient (Wildman–Crippen LogP) is 2.53. The van der Waals surface area contributed by atoms with Gasteiger partial charge >= 0.3 is 0 Å². The van der Waals surface area contributed by atoms with Gasteiger partial charge in [-0.1, -0.05) is 0 Å². The second-order valence-electron chi connectivity index (χ2n) is 5.86. The lowest BCUT2D eigenvalue weighted by molar-refractivity contribution is -0.127. The Morgan fingerprint density at radius 2 is 2.30 bits per heavy atom. The smallest absolute Gasteiger partial charge is 0.231 e. The van der Waals surface area contributed by atoms with Gasteiger partial charge in [-0.2, -0.15) is 5.10 Å². The monoisotopic (exact) mass is 277 g/mol. The van der Waals surface area contributed by atoms with Crippen LogP contribution in [0.2, 0.25) is 0 Å². The number of rotatable bonds is 4. The van der Waals surface area contributed by atoms with Crippen LogP contribution in [0, 0.1) is 5.92 Å². The van der Waals surface area contributed by atoms with Crippen molar-refractivity contribution in [3.8, 4) is 0 Å². The maximum atomic E-state index is 12.3. The first-order valence-corrected chi connectivity index (χ1v) is 7.69. The predicted molar refractivity (Wildman–Crippen MR) is 76.6 cm³/mol. The Bertz CT molecular complexity index is 493. The zero-order chi connectivity index (χ0) is 14.1. The van der Waals surface area contributed by atoms with Crippen molar-refractivity contribution in [3.63, 3.8) is 0 Å². The van der Waals surface area contributed by atoms with Crippen LogP contribution in [0.3, 0.4) is 0 Å². The Hall–Kier alpha value is -1.36. The third kappa shape index (κ3) is 2.73. The maximum Gasteiger partial charge on any atom is 0.231 e. The van der Waals surface area contributed by atoms with Crippen LogP contribution in [0.15, 0.2) is 6.07 Å². The average Bonchev–Trinajstić information content (AvgIpc) is 3.21. The Labute approximate surface area is 119 Å². The Balaban J connectivity index is 1.69. The van der Waals surface area contributed by atoms with Crippen molar-refractivity contribution in [1.29, 1.82) is 0 Å². The van der Waals surface area contributed by atoms with Crippen LogP contribution in [0.5, 0.6) is 0 Å². The van der Waals surface area contributed by atoms with E-state index in [9.17, 15) is 4.79 Å². The van der Waals surface area contributed by atoms with Gasteiger partial charge in [-0.3, -0.25) is 9.48 Å². The number of ether oxygens (including phenoxy) is 1. The highest BCUT2D eigenvalue weighted by atomic mass is 16.5. The molecule has 5 heteroatoms. The van der Waals surface area contributed by atoms with Crippen LogP contribution in [-0.2, 0) is 16.1 Å². The molecule has 1 aromatic heterocycles. The molecule has 3 rings (SSSR count). The molecule has 1 N–H and O–H groups in total. The summed E-state index contributed by atoms with van der Waals surface area (Å²) in [7, 11) is 0. The number of aromatic nitrogens is 2. The van der Waals surface area contributed by atoms with Crippen LogP contribution in [0.1, 0.15) is 51.1 Å². The minimum Gasteiger partial charge on any atom is -0.378 e. The molecule has 2 aliphatic rings. The fourth-order valence-electron chi connectivity index (χ4n) is 2.94. The molecule has 110 valence electrons. The fraction of sp³-hybridized carbons (Fsp3) is 0.733. The molecule has 2 fully saturated rings. The average molecular weight is 277 g/mol. The maximum absolute atomic E-state index is 12.3. The lowest BCUT2D eigenvalue weighted by atomic mass is 9.94. The Morgan fingerprint density at radius 1 is 1.50 bits per heavy atom. The number of carbonyl (C=O) groups is 1. The molecule has 1 saturated heterocycles. The van der Waals surface area contributed by atoms with E-state index in [0.717, 1.165) is 26.0 Å². The van der Waals surface area contributed by atoms with Crippen molar-refractivity contribution in [1.82, 2.24) is 9.78 Å². The van der Waals surface area contributed by atoms with Gasteiger partial charge in [-0.05, 0) is 39.5 Å². The summed E-state index contributed by atoms with van der Waals surface area (Å²) in [4.78, 5) is 12.3. The van der Waals surface area contributed by atoms with Crippen molar-refractivity contribution in [3.05, 3.63) is 11.8 Å². The number of nitrogens with zero attached hydrogens (tertiary/aromatic N) is 2. The van der Waals surface area contributed by atoms with E-state index in [2.05, 4.69) is 17.3 Å². The highest BCUT2D eigenvalue weighted by molar-refractivity contribution is 5.92. The van der Waals surface area contributed by atoms with Gasteiger partial charge in [0.25, 0.3) is 0 Å². The zero-order valence-electron chi connectivity index (χ0n) is 12.3. The van der Waals surface area contributed by atoms with Gasteiger partial charge in [-0.25, -0.2) is 0 Å². The number of aryl methyl sites for hydroxylation is 1. The first-order valence-electron chi connectivity index (χ1n) is 7.69. The van der Waals surface area contributed by atoms with E-state index in [1.165, 1.54) is 18.5 Å². The molecule has 1 aromatic rings. The summed E-state index contributed by atoms with van der Waals surface area (Å²) in [6, 6.07) is 2.04. The van der Waals surface area contributed by atoms with E-state index in [4.69, 9.17) is 4.74 Å². The van der Waals surface area contributed by atoms with Gasteiger partial charge in [0.05, 0.1) is 12.0 Å².